The molecule has 0 radical (unpaired) electrons. The van der Waals surface area contributed by atoms with Crippen molar-refractivity contribution in [2.24, 2.45) is 5.92 Å². The first kappa shape index (κ1) is 7.63. The Morgan fingerprint density at radius 3 is 2.60 bits per heavy atom. The van der Waals surface area contributed by atoms with Crippen LogP contribution in [0, 0.1) is 18.3 Å². The van der Waals surface area contributed by atoms with Crippen LogP contribution in [0.5, 0.6) is 0 Å². The van der Waals surface area contributed by atoms with Gasteiger partial charge in [0.05, 0.1) is 6.10 Å². The normalized spacial score (nSPS) is 34.4. The van der Waals surface area contributed by atoms with E-state index in [4.69, 9.17) is 6.42 Å². The number of terminal acetylenes is 1. The Kier molecular flexibility index (Phi) is 2.77. The zero-order valence-corrected chi connectivity index (χ0v) is 6.21. The summed E-state index contributed by atoms with van der Waals surface area (Å²) < 4.78 is 0. The molecule has 2 atom stereocenters. The number of hydrogen-bond donors (Lipinski definition) is 1. The predicted molar refractivity (Wildman–Crippen MR) is 41.4 cm³/mol. The molecule has 0 saturated heterocycles. The molecular formula is C9H14O. The zero-order valence-electron chi connectivity index (χ0n) is 6.21. The van der Waals surface area contributed by atoms with Crippen molar-refractivity contribution in [3.05, 3.63) is 0 Å². The Hall–Kier alpha value is -0.480. The summed E-state index contributed by atoms with van der Waals surface area (Å²) >= 11 is 0. The quantitative estimate of drug-likeness (QED) is 0.398. The molecular weight excluding hydrogens is 124 g/mol. The molecule has 0 bridgehead atoms. The molecule has 2 unspecified atom stereocenters. The van der Waals surface area contributed by atoms with E-state index in [1.54, 1.807) is 0 Å². The molecule has 0 aromatic rings. The van der Waals surface area contributed by atoms with Crippen LogP contribution in [-0.4, -0.2) is 11.2 Å². The molecule has 1 nitrogen and oxygen atoms in total. The van der Waals surface area contributed by atoms with Gasteiger partial charge in [0.2, 0.25) is 0 Å². The maximum atomic E-state index is 9.41. The topological polar surface area (TPSA) is 20.2 Å². The summed E-state index contributed by atoms with van der Waals surface area (Å²) in [4.78, 5) is 0. The molecule has 1 fully saturated rings. The third kappa shape index (κ3) is 1.75. The highest BCUT2D eigenvalue weighted by Gasteiger charge is 2.18. The lowest BCUT2D eigenvalue weighted by molar-refractivity contribution is 0.127. The van der Waals surface area contributed by atoms with Crippen LogP contribution in [0.2, 0.25) is 0 Å². The Bertz CT molecular complexity index is 134. The first-order valence-electron chi connectivity index (χ1n) is 3.99. The molecule has 1 aliphatic rings. The van der Waals surface area contributed by atoms with E-state index in [0.717, 1.165) is 19.3 Å². The minimum Gasteiger partial charge on any atom is -0.392 e. The second-order valence-electron chi connectivity index (χ2n) is 2.98. The molecule has 1 rings (SSSR count). The van der Waals surface area contributed by atoms with Gasteiger partial charge in [0.15, 0.2) is 0 Å². The highest BCUT2D eigenvalue weighted by atomic mass is 16.3. The van der Waals surface area contributed by atoms with Crippen molar-refractivity contribution in [2.45, 2.75) is 38.2 Å². The van der Waals surface area contributed by atoms with Gasteiger partial charge < -0.3 is 5.11 Å². The lowest BCUT2D eigenvalue weighted by Gasteiger charge is -2.12. The molecule has 1 N–H and O–H groups in total. The first-order valence-corrected chi connectivity index (χ1v) is 3.99. The molecule has 56 valence electrons. The van der Waals surface area contributed by atoms with Gasteiger partial charge in [0.1, 0.15) is 0 Å². The number of rotatable bonds is 0. The maximum Gasteiger partial charge on any atom is 0.0677 e. The minimum atomic E-state index is -0.229. The fourth-order valence-corrected chi connectivity index (χ4v) is 1.48. The number of aliphatic hydroxyl groups excluding tert-OH is 1. The molecule has 0 heterocycles. The molecule has 1 aliphatic carbocycles. The molecule has 0 amide bonds. The van der Waals surface area contributed by atoms with Gasteiger partial charge in [-0.3, -0.25) is 0 Å². The van der Waals surface area contributed by atoms with Crippen molar-refractivity contribution in [3.63, 3.8) is 0 Å². The van der Waals surface area contributed by atoms with Crippen molar-refractivity contribution in [1.29, 1.82) is 0 Å². The smallest absolute Gasteiger partial charge is 0.0677 e. The second kappa shape index (κ2) is 3.63. The van der Waals surface area contributed by atoms with Gasteiger partial charge in [0.25, 0.3) is 0 Å². The molecule has 10 heavy (non-hydrogen) atoms. The summed E-state index contributed by atoms with van der Waals surface area (Å²) in [6.45, 7) is 0. The molecule has 0 aromatic carbocycles. The van der Waals surface area contributed by atoms with E-state index in [0.29, 0.717) is 0 Å². The van der Waals surface area contributed by atoms with Crippen LogP contribution in [-0.2, 0) is 0 Å². The second-order valence-corrected chi connectivity index (χ2v) is 2.98. The van der Waals surface area contributed by atoms with E-state index in [1.165, 1.54) is 12.8 Å². The van der Waals surface area contributed by atoms with Crippen LogP contribution < -0.4 is 0 Å². The Labute approximate surface area is 62.4 Å². The van der Waals surface area contributed by atoms with Gasteiger partial charge in [-0.15, -0.1) is 12.3 Å². The minimum absolute atomic E-state index is 0.127. The SMILES string of the molecule is C#CC1CCCCCC1O. The van der Waals surface area contributed by atoms with Gasteiger partial charge in [0, 0.05) is 5.92 Å². The Morgan fingerprint density at radius 2 is 1.90 bits per heavy atom. The Morgan fingerprint density at radius 1 is 1.20 bits per heavy atom. The molecule has 1 saturated carbocycles. The average Bonchev–Trinajstić information content (AvgIpc) is 2.13. The van der Waals surface area contributed by atoms with Gasteiger partial charge in [-0.05, 0) is 12.8 Å². The lowest BCUT2D eigenvalue weighted by atomic mass is 9.99. The zero-order chi connectivity index (χ0) is 7.40. The summed E-state index contributed by atoms with van der Waals surface area (Å²) in [5, 5.41) is 9.41. The summed E-state index contributed by atoms with van der Waals surface area (Å²) in [5.74, 6) is 2.77. The van der Waals surface area contributed by atoms with Crippen molar-refractivity contribution >= 4 is 0 Å². The van der Waals surface area contributed by atoms with Gasteiger partial charge in [-0.25, -0.2) is 0 Å². The van der Waals surface area contributed by atoms with Crippen LogP contribution in [0.1, 0.15) is 32.1 Å². The summed E-state index contributed by atoms with van der Waals surface area (Å²) in [7, 11) is 0. The maximum absolute atomic E-state index is 9.41. The van der Waals surface area contributed by atoms with E-state index < -0.39 is 0 Å². The van der Waals surface area contributed by atoms with Crippen LogP contribution >= 0.6 is 0 Å². The van der Waals surface area contributed by atoms with E-state index in [9.17, 15) is 5.11 Å². The van der Waals surface area contributed by atoms with E-state index in [-0.39, 0.29) is 12.0 Å². The fourth-order valence-electron chi connectivity index (χ4n) is 1.48. The third-order valence-electron chi connectivity index (χ3n) is 2.19. The predicted octanol–water partition coefficient (Wildman–Crippen LogP) is 1.56. The first-order chi connectivity index (χ1) is 4.84. The number of aliphatic hydroxyl groups is 1. The molecule has 0 spiro atoms. The largest absolute Gasteiger partial charge is 0.392 e. The molecule has 0 aliphatic heterocycles. The molecule has 1 heteroatoms. The monoisotopic (exact) mass is 138 g/mol. The van der Waals surface area contributed by atoms with Crippen LogP contribution in [0.4, 0.5) is 0 Å². The molecule has 0 aromatic heterocycles. The highest BCUT2D eigenvalue weighted by molar-refractivity contribution is 4.97. The highest BCUT2D eigenvalue weighted by Crippen LogP contribution is 2.22. The van der Waals surface area contributed by atoms with Crippen molar-refractivity contribution in [2.75, 3.05) is 0 Å². The number of hydrogen-bond acceptors (Lipinski definition) is 1. The summed E-state index contributed by atoms with van der Waals surface area (Å²) in [6, 6.07) is 0. The fraction of sp³-hybridized carbons (Fsp3) is 0.778. The van der Waals surface area contributed by atoms with E-state index in [2.05, 4.69) is 5.92 Å². The van der Waals surface area contributed by atoms with Gasteiger partial charge in [-0.1, -0.05) is 19.3 Å². The van der Waals surface area contributed by atoms with Crippen molar-refractivity contribution in [1.82, 2.24) is 0 Å². The summed E-state index contributed by atoms with van der Waals surface area (Å²) in [5.41, 5.74) is 0. The standard InChI is InChI=1S/C9H14O/c1-2-8-6-4-3-5-7-9(8)10/h1,8-10H,3-7H2. The van der Waals surface area contributed by atoms with Gasteiger partial charge >= 0.3 is 0 Å². The van der Waals surface area contributed by atoms with Crippen molar-refractivity contribution < 1.29 is 5.11 Å². The van der Waals surface area contributed by atoms with E-state index >= 15 is 0 Å². The van der Waals surface area contributed by atoms with Crippen molar-refractivity contribution in [3.8, 4) is 12.3 Å². The lowest BCUT2D eigenvalue weighted by Crippen LogP contribution is -2.16. The summed E-state index contributed by atoms with van der Waals surface area (Å²) in [6.07, 6.45) is 10.5. The third-order valence-corrected chi connectivity index (χ3v) is 2.19. The van der Waals surface area contributed by atoms with Crippen LogP contribution in [0.3, 0.4) is 0 Å². The van der Waals surface area contributed by atoms with Gasteiger partial charge in [-0.2, -0.15) is 0 Å². The Balaban J connectivity index is 2.45. The van der Waals surface area contributed by atoms with E-state index in [1.807, 2.05) is 0 Å². The van der Waals surface area contributed by atoms with Crippen LogP contribution in [0.15, 0.2) is 0 Å². The average molecular weight is 138 g/mol. The van der Waals surface area contributed by atoms with Crippen LogP contribution in [0.25, 0.3) is 0 Å².